The Balaban J connectivity index is 1.71. The number of amides is 1. The molecule has 0 bridgehead atoms. The summed E-state index contributed by atoms with van der Waals surface area (Å²) < 4.78 is 6.77. The monoisotopic (exact) mass is 430 g/mol. The van der Waals surface area contributed by atoms with Crippen LogP contribution in [0.4, 0.5) is 5.13 Å². The van der Waals surface area contributed by atoms with Gasteiger partial charge in [-0.25, -0.2) is 4.98 Å². The average Bonchev–Trinajstić information content (AvgIpc) is 3.20. The molecule has 1 aromatic heterocycles. The summed E-state index contributed by atoms with van der Waals surface area (Å²) in [7, 11) is 0. The molecule has 0 aliphatic rings. The first-order chi connectivity index (χ1) is 15.0. The molecule has 0 saturated heterocycles. The van der Waals surface area contributed by atoms with Gasteiger partial charge in [0.2, 0.25) is 5.91 Å². The number of hydrogen-bond donors (Lipinski definition) is 0. The van der Waals surface area contributed by atoms with E-state index in [9.17, 15) is 4.79 Å². The number of thiazole rings is 1. The molecule has 0 aliphatic carbocycles. The molecule has 0 spiro atoms. The zero-order valence-corrected chi connectivity index (χ0v) is 18.9. The number of hydrogen-bond acceptors (Lipinski definition) is 4. The van der Waals surface area contributed by atoms with Crippen LogP contribution in [-0.4, -0.2) is 17.5 Å². The fourth-order valence-electron chi connectivity index (χ4n) is 3.63. The predicted molar refractivity (Wildman–Crippen MR) is 128 cm³/mol. The molecule has 1 amide bonds. The lowest BCUT2D eigenvalue weighted by atomic mass is 10.0. The molecule has 0 unspecified atom stereocenters. The first kappa shape index (κ1) is 21.1. The smallest absolute Gasteiger partial charge is 0.233 e. The highest BCUT2D eigenvalue weighted by Gasteiger charge is 2.22. The summed E-state index contributed by atoms with van der Waals surface area (Å²) in [5, 5.41) is 0.695. The molecule has 0 fully saturated rings. The second-order valence-electron chi connectivity index (χ2n) is 7.60. The third-order valence-electron chi connectivity index (χ3n) is 5.23. The fraction of sp³-hybridized carbons (Fsp3) is 0.231. The van der Waals surface area contributed by atoms with Gasteiger partial charge in [0, 0.05) is 0 Å². The number of rotatable bonds is 7. The van der Waals surface area contributed by atoms with E-state index in [0.29, 0.717) is 24.7 Å². The number of nitrogens with zero attached hydrogens (tertiary/aromatic N) is 2. The lowest BCUT2D eigenvalue weighted by Crippen LogP contribution is -2.31. The molecule has 0 N–H and O–H groups in total. The van der Waals surface area contributed by atoms with E-state index >= 15 is 0 Å². The number of ether oxygens (including phenoxy) is 1. The number of aryl methyl sites for hydroxylation is 2. The van der Waals surface area contributed by atoms with Gasteiger partial charge in [0.05, 0.1) is 24.3 Å². The second-order valence-corrected chi connectivity index (χ2v) is 8.61. The molecule has 0 atom stereocenters. The van der Waals surface area contributed by atoms with Crippen molar-refractivity contribution in [2.75, 3.05) is 11.5 Å². The third-order valence-corrected chi connectivity index (χ3v) is 6.27. The molecule has 0 aliphatic heterocycles. The maximum absolute atomic E-state index is 13.5. The van der Waals surface area contributed by atoms with E-state index in [4.69, 9.17) is 9.72 Å². The van der Waals surface area contributed by atoms with E-state index < -0.39 is 0 Å². The van der Waals surface area contributed by atoms with Gasteiger partial charge < -0.3 is 4.74 Å². The van der Waals surface area contributed by atoms with Crippen LogP contribution in [-0.2, 0) is 17.8 Å². The largest absolute Gasteiger partial charge is 0.492 e. The third kappa shape index (κ3) is 4.78. The summed E-state index contributed by atoms with van der Waals surface area (Å²) >= 11 is 1.52. The molecule has 5 heteroatoms. The molecular weight excluding hydrogens is 404 g/mol. The van der Waals surface area contributed by atoms with Crippen LogP contribution in [0.2, 0.25) is 0 Å². The van der Waals surface area contributed by atoms with E-state index in [1.165, 1.54) is 16.9 Å². The van der Waals surface area contributed by atoms with Gasteiger partial charge in [-0.3, -0.25) is 9.69 Å². The maximum Gasteiger partial charge on any atom is 0.233 e. The molecule has 158 valence electrons. The van der Waals surface area contributed by atoms with Gasteiger partial charge in [-0.15, -0.1) is 0 Å². The first-order valence-electron chi connectivity index (χ1n) is 10.5. The minimum absolute atomic E-state index is 0.0350. The minimum Gasteiger partial charge on any atom is -0.492 e. The van der Waals surface area contributed by atoms with Crippen molar-refractivity contribution < 1.29 is 9.53 Å². The summed E-state index contributed by atoms with van der Waals surface area (Å²) in [6, 6.07) is 22.2. The highest BCUT2D eigenvalue weighted by molar-refractivity contribution is 7.22. The van der Waals surface area contributed by atoms with Crippen LogP contribution in [0.15, 0.2) is 66.7 Å². The molecule has 3 aromatic carbocycles. The Labute approximate surface area is 187 Å². The first-order valence-corrected chi connectivity index (χ1v) is 11.3. The molecule has 4 aromatic rings. The van der Waals surface area contributed by atoms with E-state index in [0.717, 1.165) is 32.7 Å². The van der Waals surface area contributed by atoms with E-state index in [-0.39, 0.29) is 5.91 Å². The van der Waals surface area contributed by atoms with E-state index in [1.807, 2.05) is 55.5 Å². The Kier molecular flexibility index (Phi) is 6.33. The maximum atomic E-state index is 13.5. The second kappa shape index (κ2) is 9.31. The standard InChI is InChI=1S/C26H26N2O2S/c1-4-30-22-11-8-12-23-25(22)27-26(31-23)28(17-20-9-6-5-7-10-20)24(29)16-21-14-13-18(2)15-19(21)3/h5-15H,4,16-17H2,1-3H3. The summed E-state index contributed by atoms with van der Waals surface area (Å²) in [6.07, 6.45) is 0.340. The lowest BCUT2D eigenvalue weighted by molar-refractivity contribution is -0.118. The van der Waals surface area contributed by atoms with Gasteiger partial charge in [-0.1, -0.05) is 71.5 Å². The van der Waals surface area contributed by atoms with Crippen molar-refractivity contribution in [1.29, 1.82) is 0 Å². The van der Waals surface area contributed by atoms with Gasteiger partial charge in [0.15, 0.2) is 5.13 Å². The Morgan fingerprint density at radius 1 is 1.03 bits per heavy atom. The van der Waals surface area contributed by atoms with Crippen LogP contribution in [0, 0.1) is 13.8 Å². The summed E-state index contributed by atoms with van der Waals surface area (Å²) in [4.78, 5) is 20.1. The number of benzene rings is 3. The predicted octanol–water partition coefficient (Wildman–Crippen LogP) is 6.09. The lowest BCUT2D eigenvalue weighted by Gasteiger charge is -2.21. The Morgan fingerprint density at radius 3 is 2.58 bits per heavy atom. The van der Waals surface area contributed by atoms with Crippen molar-refractivity contribution in [3.05, 3.63) is 89.0 Å². The van der Waals surface area contributed by atoms with Crippen molar-refractivity contribution >= 4 is 32.6 Å². The zero-order chi connectivity index (χ0) is 21.8. The van der Waals surface area contributed by atoms with Crippen molar-refractivity contribution in [2.24, 2.45) is 0 Å². The normalized spacial score (nSPS) is 10.9. The SMILES string of the molecule is CCOc1cccc2sc(N(Cc3ccccc3)C(=O)Cc3ccc(C)cc3C)nc12. The molecule has 0 saturated carbocycles. The van der Waals surface area contributed by atoms with Crippen LogP contribution >= 0.6 is 11.3 Å². The van der Waals surface area contributed by atoms with Crippen LogP contribution in [0.5, 0.6) is 5.75 Å². The van der Waals surface area contributed by atoms with Crippen LogP contribution in [0.25, 0.3) is 10.2 Å². The van der Waals surface area contributed by atoms with Gasteiger partial charge in [-0.2, -0.15) is 0 Å². The molecular formula is C26H26N2O2S. The van der Waals surface area contributed by atoms with Crippen molar-refractivity contribution in [3.63, 3.8) is 0 Å². The highest BCUT2D eigenvalue weighted by Crippen LogP contribution is 2.35. The van der Waals surface area contributed by atoms with Gasteiger partial charge >= 0.3 is 0 Å². The number of carbonyl (C=O) groups is 1. The van der Waals surface area contributed by atoms with Crippen LogP contribution < -0.4 is 9.64 Å². The van der Waals surface area contributed by atoms with Crippen molar-refractivity contribution in [3.8, 4) is 5.75 Å². The van der Waals surface area contributed by atoms with E-state index in [2.05, 4.69) is 32.0 Å². The fourth-order valence-corrected chi connectivity index (χ4v) is 4.63. The van der Waals surface area contributed by atoms with Gasteiger partial charge in [-0.05, 0) is 49.6 Å². The Bertz CT molecular complexity index is 1200. The van der Waals surface area contributed by atoms with Crippen molar-refractivity contribution in [1.82, 2.24) is 4.98 Å². The van der Waals surface area contributed by atoms with Gasteiger partial charge in [0.25, 0.3) is 0 Å². The number of carbonyl (C=O) groups excluding carboxylic acids is 1. The number of fused-ring (bicyclic) bond motifs is 1. The van der Waals surface area contributed by atoms with Crippen LogP contribution in [0.1, 0.15) is 29.2 Å². The zero-order valence-electron chi connectivity index (χ0n) is 18.1. The summed E-state index contributed by atoms with van der Waals surface area (Å²) in [5.41, 5.74) is 5.26. The summed E-state index contributed by atoms with van der Waals surface area (Å²) in [6.45, 7) is 7.14. The minimum atomic E-state index is 0.0350. The van der Waals surface area contributed by atoms with E-state index in [1.54, 1.807) is 4.90 Å². The Morgan fingerprint density at radius 2 is 1.84 bits per heavy atom. The molecule has 31 heavy (non-hydrogen) atoms. The topological polar surface area (TPSA) is 42.4 Å². The molecule has 1 heterocycles. The number of aromatic nitrogens is 1. The number of anilines is 1. The van der Waals surface area contributed by atoms with Gasteiger partial charge in [0.1, 0.15) is 11.3 Å². The number of para-hydroxylation sites is 1. The molecule has 4 nitrogen and oxygen atoms in total. The summed E-state index contributed by atoms with van der Waals surface area (Å²) in [5.74, 6) is 0.789. The van der Waals surface area contributed by atoms with Crippen molar-refractivity contribution in [2.45, 2.75) is 33.7 Å². The average molecular weight is 431 g/mol. The van der Waals surface area contributed by atoms with Crippen LogP contribution in [0.3, 0.4) is 0 Å². The molecule has 4 rings (SSSR count). The quantitative estimate of drug-likeness (QED) is 0.356. The Hall–Kier alpha value is -3.18. The molecule has 0 radical (unpaired) electrons. The highest BCUT2D eigenvalue weighted by atomic mass is 32.1.